The Labute approximate surface area is 189 Å². The highest BCUT2D eigenvalue weighted by atomic mass is 35.5. The van der Waals surface area contributed by atoms with E-state index in [-0.39, 0.29) is 17.5 Å². The first-order valence-corrected chi connectivity index (χ1v) is 10.8. The van der Waals surface area contributed by atoms with Crippen LogP contribution in [0, 0.1) is 5.82 Å². The van der Waals surface area contributed by atoms with Gasteiger partial charge in [-0.1, -0.05) is 23.2 Å². The van der Waals surface area contributed by atoms with Gasteiger partial charge in [-0.05, 0) is 37.5 Å². The molecule has 2 aliphatic heterocycles. The molecule has 2 aromatic carbocycles. The van der Waals surface area contributed by atoms with E-state index in [9.17, 15) is 14.3 Å². The van der Waals surface area contributed by atoms with Gasteiger partial charge in [0.15, 0.2) is 0 Å². The topological polar surface area (TPSA) is 71.0 Å². The summed E-state index contributed by atoms with van der Waals surface area (Å²) >= 11 is 12.2. The van der Waals surface area contributed by atoms with Crippen LogP contribution >= 0.6 is 23.2 Å². The molecule has 1 amide bonds. The molecule has 9 heteroatoms. The number of rotatable bonds is 5. The highest BCUT2D eigenvalue weighted by Gasteiger charge is 2.35. The predicted molar refractivity (Wildman–Crippen MR) is 118 cm³/mol. The fourth-order valence-electron chi connectivity index (χ4n) is 4.00. The molecule has 6 nitrogen and oxygen atoms in total. The van der Waals surface area contributed by atoms with Crippen molar-refractivity contribution in [1.29, 1.82) is 0 Å². The van der Waals surface area contributed by atoms with E-state index in [0.29, 0.717) is 66.7 Å². The molecule has 0 saturated carbocycles. The lowest BCUT2D eigenvalue weighted by molar-refractivity contribution is -0.116. The van der Waals surface area contributed by atoms with Crippen LogP contribution in [0.5, 0.6) is 11.5 Å². The van der Waals surface area contributed by atoms with Gasteiger partial charge in [0.2, 0.25) is 5.91 Å². The number of carbonyl (C=O) groups excluding carboxylic acids is 1. The Kier molecular flexibility index (Phi) is 6.19. The first kappa shape index (κ1) is 22.0. The zero-order valence-electron chi connectivity index (χ0n) is 17.0. The molecule has 0 spiro atoms. The lowest BCUT2D eigenvalue weighted by Gasteiger charge is -2.39. The third kappa shape index (κ3) is 4.54. The second-order valence-electron chi connectivity index (χ2n) is 7.89. The van der Waals surface area contributed by atoms with Gasteiger partial charge >= 0.3 is 0 Å². The lowest BCUT2D eigenvalue weighted by atomic mass is 9.92. The van der Waals surface area contributed by atoms with Crippen molar-refractivity contribution in [3.05, 3.63) is 45.7 Å². The van der Waals surface area contributed by atoms with Crippen LogP contribution in [0.15, 0.2) is 24.3 Å². The van der Waals surface area contributed by atoms with Gasteiger partial charge in [-0.2, -0.15) is 0 Å². The summed E-state index contributed by atoms with van der Waals surface area (Å²) in [6.07, 6.45) is 1.70. The number of ether oxygens (including phenoxy) is 2. The molecule has 1 fully saturated rings. The molecule has 4 rings (SSSR count). The summed E-state index contributed by atoms with van der Waals surface area (Å²) in [7, 11) is 1.48. The van der Waals surface area contributed by atoms with Gasteiger partial charge in [-0.15, -0.1) is 0 Å². The van der Waals surface area contributed by atoms with Crippen molar-refractivity contribution in [2.75, 3.05) is 37.0 Å². The van der Waals surface area contributed by atoms with E-state index in [2.05, 4.69) is 5.32 Å². The number of benzene rings is 2. The summed E-state index contributed by atoms with van der Waals surface area (Å²) in [6.45, 7) is 1.00. The molecule has 2 heterocycles. The van der Waals surface area contributed by atoms with Crippen molar-refractivity contribution < 1.29 is 23.8 Å². The normalized spacial score (nSPS) is 17.7. The number of nitrogens with zero attached hydrogens (tertiary/aromatic N) is 1. The number of piperidine rings is 1. The summed E-state index contributed by atoms with van der Waals surface area (Å²) in [6, 6.07) is 6.24. The number of fused-ring (bicyclic) bond motifs is 1. The summed E-state index contributed by atoms with van der Waals surface area (Å²) in [4.78, 5) is 13.5. The Balaban J connectivity index is 1.42. The number of hydrogen-bond acceptors (Lipinski definition) is 5. The van der Waals surface area contributed by atoms with Crippen LogP contribution in [0.1, 0.15) is 24.8 Å². The summed E-state index contributed by atoms with van der Waals surface area (Å²) in [5.74, 6) is 0.497. The molecule has 2 aromatic rings. The summed E-state index contributed by atoms with van der Waals surface area (Å²) < 4.78 is 25.6. The molecule has 0 bridgehead atoms. The van der Waals surface area contributed by atoms with Crippen molar-refractivity contribution in [1.82, 2.24) is 0 Å². The molecular formula is C22H23Cl2FN2O4. The maximum Gasteiger partial charge on any atom is 0.224 e. The monoisotopic (exact) mass is 468 g/mol. The maximum absolute atomic E-state index is 14.4. The van der Waals surface area contributed by atoms with Gasteiger partial charge in [0.05, 0.1) is 28.5 Å². The first-order valence-electron chi connectivity index (χ1n) is 10.0. The van der Waals surface area contributed by atoms with E-state index in [1.165, 1.54) is 13.2 Å². The number of methoxy groups -OCH3 is 1. The number of carbonyl (C=O) groups is 1. The third-order valence-corrected chi connectivity index (χ3v) is 6.45. The van der Waals surface area contributed by atoms with Crippen LogP contribution in [0.3, 0.4) is 0 Å². The van der Waals surface area contributed by atoms with E-state index < -0.39 is 11.4 Å². The number of nitrogens with one attached hydrogen (secondary N) is 1. The number of aliphatic hydroxyl groups is 1. The molecule has 2 aliphatic rings. The number of hydrogen-bond donors (Lipinski definition) is 2. The molecular weight excluding hydrogens is 446 g/mol. The van der Waals surface area contributed by atoms with Gasteiger partial charge < -0.3 is 24.8 Å². The molecule has 0 atom stereocenters. The molecule has 0 aliphatic carbocycles. The minimum absolute atomic E-state index is 0.0800. The predicted octanol–water partition coefficient (Wildman–Crippen LogP) is 4.44. The molecule has 0 radical (unpaired) electrons. The van der Waals surface area contributed by atoms with Crippen molar-refractivity contribution >= 4 is 40.5 Å². The van der Waals surface area contributed by atoms with Crippen LogP contribution < -0.4 is 19.7 Å². The second-order valence-corrected chi connectivity index (χ2v) is 8.70. The third-order valence-electron chi connectivity index (χ3n) is 5.84. The Morgan fingerprint density at radius 1 is 1.16 bits per heavy atom. The minimum Gasteiger partial charge on any atom is -0.495 e. The van der Waals surface area contributed by atoms with E-state index in [1.807, 2.05) is 4.90 Å². The molecule has 0 unspecified atom stereocenters. The van der Waals surface area contributed by atoms with Gasteiger partial charge in [-0.25, -0.2) is 4.39 Å². The zero-order valence-corrected chi connectivity index (χ0v) is 18.5. The van der Waals surface area contributed by atoms with Crippen LogP contribution in [-0.2, 0) is 11.2 Å². The largest absolute Gasteiger partial charge is 0.495 e. The number of halogens is 3. The van der Waals surface area contributed by atoms with Crippen molar-refractivity contribution in [2.45, 2.75) is 31.3 Å². The molecule has 31 heavy (non-hydrogen) atoms. The Bertz CT molecular complexity index is 1010. The van der Waals surface area contributed by atoms with E-state index >= 15 is 0 Å². The number of amides is 1. The van der Waals surface area contributed by atoms with Crippen LogP contribution in [0.4, 0.5) is 15.8 Å². The van der Waals surface area contributed by atoms with Gasteiger partial charge in [0.1, 0.15) is 29.5 Å². The molecule has 1 saturated heterocycles. The fraction of sp³-hybridized carbons (Fsp3) is 0.409. The highest BCUT2D eigenvalue weighted by Crippen LogP contribution is 2.38. The highest BCUT2D eigenvalue weighted by molar-refractivity contribution is 6.34. The standard InChI is InChI=1S/C22H23Cl2FN2O4/c1-30-19-11-17(16(25)10-15(19)24)27-8-6-22(29,7-9-27)12-31-18-4-3-14(23)21-13(18)2-5-20(28)26-21/h3-4,10-11,29H,2,5-9,12H2,1H3,(H,26,28). The summed E-state index contributed by atoms with van der Waals surface area (Å²) in [5, 5.41) is 14.5. The van der Waals surface area contributed by atoms with E-state index in [4.69, 9.17) is 32.7 Å². The Morgan fingerprint density at radius 3 is 2.61 bits per heavy atom. The average molecular weight is 469 g/mol. The lowest BCUT2D eigenvalue weighted by Crippen LogP contribution is -2.48. The Hall–Kier alpha value is -2.22. The second kappa shape index (κ2) is 8.73. The van der Waals surface area contributed by atoms with Crippen LogP contribution in [0.25, 0.3) is 0 Å². The summed E-state index contributed by atoms with van der Waals surface area (Å²) in [5.41, 5.74) is 0.757. The zero-order chi connectivity index (χ0) is 22.2. The minimum atomic E-state index is -1.05. The van der Waals surface area contributed by atoms with Crippen LogP contribution in [0.2, 0.25) is 10.0 Å². The smallest absolute Gasteiger partial charge is 0.224 e. The molecule has 0 aromatic heterocycles. The van der Waals surface area contributed by atoms with Crippen molar-refractivity contribution in [2.24, 2.45) is 0 Å². The average Bonchev–Trinajstić information content (AvgIpc) is 2.75. The number of anilines is 2. The first-order chi connectivity index (χ1) is 14.8. The molecule has 2 N–H and O–H groups in total. The SMILES string of the molecule is COc1cc(N2CCC(O)(COc3ccc(Cl)c4c3CCC(=O)N4)CC2)c(F)cc1Cl. The van der Waals surface area contributed by atoms with Crippen LogP contribution in [-0.4, -0.2) is 43.4 Å². The fourth-order valence-corrected chi connectivity index (χ4v) is 4.45. The van der Waals surface area contributed by atoms with E-state index in [1.54, 1.807) is 18.2 Å². The molecule has 166 valence electrons. The van der Waals surface area contributed by atoms with Crippen molar-refractivity contribution in [3.8, 4) is 11.5 Å². The quantitative estimate of drug-likeness (QED) is 0.678. The van der Waals surface area contributed by atoms with Crippen molar-refractivity contribution in [3.63, 3.8) is 0 Å². The maximum atomic E-state index is 14.4. The van der Waals surface area contributed by atoms with E-state index in [0.717, 1.165) is 5.56 Å². The van der Waals surface area contributed by atoms with Gasteiger partial charge in [0.25, 0.3) is 0 Å². The van der Waals surface area contributed by atoms with Gasteiger partial charge in [0, 0.05) is 31.1 Å². The van der Waals surface area contributed by atoms with Gasteiger partial charge in [-0.3, -0.25) is 4.79 Å². The Morgan fingerprint density at radius 2 is 1.90 bits per heavy atom.